The highest BCUT2D eigenvalue weighted by Gasteiger charge is 2.36. The van der Waals surface area contributed by atoms with Gasteiger partial charge in [0, 0.05) is 18.1 Å². The maximum Gasteiger partial charge on any atom is 0.340 e. The minimum Gasteiger partial charge on any atom is -0.481 e. The Labute approximate surface area is 98.7 Å². The molecular formula is C10H15NO5P+. The minimum absolute atomic E-state index is 0.180. The lowest BCUT2D eigenvalue weighted by atomic mass is 10.1. The van der Waals surface area contributed by atoms with Crippen molar-refractivity contribution in [2.75, 3.05) is 0 Å². The smallest absolute Gasteiger partial charge is 0.340 e. The Morgan fingerprint density at radius 1 is 1.53 bits per heavy atom. The molecule has 1 rings (SSSR count). The molecule has 0 spiro atoms. The van der Waals surface area contributed by atoms with E-state index in [9.17, 15) is 9.36 Å². The van der Waals surface area contributed by atoms with Gasteiger partial charge < -0.3 is 14.9 Å². The maximum atomic E-state index is 11.0. The standard InChI is InChI=1S/C10H14NO5P/c1-2-11-5-3-4-8(7-11)6-9(10(12)13)17(14,15)16/h3-5,7,9H,2,6H2,1H3,(H2-,12,13,14,15,16)/p+1. The van der Waals surface area contributed by atoms with Crippen LogP contribution in [0.2, 0.25) is 0 Å². The highest BCUT2D eigenvalue weighted by molar-refractivity contribution is 7.53. The van der Waals surface area contributed by atoms with E-state index < -0.39 is 19.2 Å². The molecule has 1 aromatic rings. The van der Waals surface area contributed by atoms with Crippen LogP contribution in [-0.4, -0.2) is 26.5 Å². The molecule has 0 fully saturated rings. The molecule has 0 aromatic carbocycles. The van der Waals surface area contributed by atoms with Crippen LogP contribution in [0.4, 0.5) is 0 Å². The lowest BCUT2D eigenvalue weighted by Crippen LogP contribution is -2.32. The highest BCUT2D eigenvalue weighted by Crippen LogP contribution is 2.42. The van der Waals surface area contributed by atoms with Gasteiger partial charge in [-0.15, -0.1) is 0 Å². The zero-order valence-electron chi connectivity index (χ0n) is 9.35. The number of carboxylic acid groups (broad SMARTS) is 1. The van der Waals surface area contributed by atoms with Crippen LogP contribution >= 0.6 is 7.60 Å². The fraction of sp³-hybridized carbons (Fsp3) is 0.400. The van der Waals surface area contributed by atoms with E-state index in [1.807, 2.05) is 11.5 Å². The zero-order valence-corrected chi connectivity index (χ0v) is 10.2. The number of nitrogens with zero attached hydrogens (tertiary/aromatic N) is 1. The minimum atomic E-state index is -4.63. The molecule has 1 heterocycles. The van der Waals surface area contributed by atoms with E-state index in [0.717, 1.165) is 0 Å². The van der Waals surface area contributed by atoms with E-state index in [1.54, 1.807) is 24.5 Å². The summed E-state index contributed by atoms with van der Waals surface area (Å²) in [5.41, 5.74) is -1.10. The van der Waals surface area contributed by atoms with Gasteiger partial charge >= 0.3 is 13.6 Å². The Hall–Kier alpha value is -1.23. The van der Waals surface area contributed by atoms with Crippen molar-refractivity contribution in [1.82, 2.24) is 0 Å². The van der Waals surface area contributed by atoms with E-state index in [-0.39, 0.29) is 6.42 Å². The Morgan fingerprint density at radius 2 is 2.18 bits per heavy atom. The van der Waals surface area contributed by atoms with Crippen LogP contribution in [-0.2, 0) is 22.3 Å². The van der Waals surface area contributed by atoms with Gasteiger partial charge in [0.2, 0.25) is 0 Å². The van der Waals surface area contributed by atoms with Gasteiger partial charge in [-0.1, -0.05) is 0 Å². The summed E-state index contributed by atoms with van der Waals surface area (Å²) in [4.78, 5) is 28.7. The van der Waals surface area contributed by atoms with Crippen molar-refractivity contribution in [2.45, 2.75) is 25.5 Å². The molecule has 94 valence electrons. The van der Waals surface area contributed by atoms with Gasteiger partial charge in [-0.3, -0.25) is 9.36 Å². The number of carboxylic acids is 1. The van der Waals surface area contributed by atoms with Crippen LogP contribution in [0.15, 0.2) is 24.5 Å². The quantitative estimate of drug-likeness (QED) is 0.517. The van der Waals surface area contributed by atoms with Gasteiger partial charge in [-0.05, 0) is 13.0 Å². The molecule has 7 heteroatoms. The molecule has 0 aliphatic heterocycles. The molecule has 0 saturated carbocycles. The number of pyridine rings is 1. The van der Waals surface area contributed by atoms with Crippen molar-refractivity contribution in [3.8, 4) is 0 Å². The first kappa shape index (κ1) is 13.8. The molecule has 1 atom stereocenters. The monoisotopic (exact) mass is 260 g/mol. The first-order chi connectivity index (χ1) is 7.84. The molecule has 17 heavy (non-hydrogen) atoms. The number of rotatable bonds is 5. The van der Waals surface area contributed by atoms with Crippen LogP contribution in [0, 0.1) is 0 Å². The van der Waals surface area contributed by atoms with Gasteiger partial charge in [0.15, 0.2) is 18.1 Å². The van der Waals surface area contributed by atoms with Crippen molar-refractivity contribution in [3.63, 3.8) is 0 Å². The Bertz CT molecular complexity index is 456. The summed E-state index contributed by atoms with van der Waals surface area (Å²) >= 11 is 0. The summed E-state index contributed by atoms with van der Waals surface area (Å²) in [6.07, 6.45) is 3.31. The molecule has 1 aromatic heterocycles. The van der Waals surface area contributed by atoms with Crippen molar-refractivity contribution in [1.29, 1.82) is 0 Å². The van der Waals surface area contributed by atoms with Gasteiger partial charge in [-0.2, -0.15) is 0 Å². The van der Waals surface area contributed by atoms with Crippen LogP contribution < -0.4 is 4.57 Å². The lowest BCUT2D eigenvalue weighted by Gasteiger charge is -2.13. The van der Waals surface area contributed by atoms with Crippen LogP contribution in [0.25, 0.3) is 0 Å². The first-order valence-electron chi connectivity index (χ1n) is 5.10. The second-order valence-corrected chi connectivity index (χ2v) is 5.49. The summed E-state index contributed by atoms with van der Waals surface area (Å²) in [5, 5.41) is 8.80. The molecule has 6 nitrogen and oxygen atoms in total. The summed E-state index contributed by atoms with van der Waals surface area (Å²) in [6.45, 7) is 2.63. The number of aliphatic carboxylic acids is 1. The van der Waals surface area contributed by atoms with Crippen LogP contribution in [0.1, 0.15) is 12.5 Å². The largest absolute Gasteiger partial charge is 0.481 e. The van der Waals surface area contributed by atoms with Crippen LogP contribution in [0.5, 0.6) is 0 Å². The summed E-state index contributed by atoms with van der Waals surface area (Å²) in [6, 6.07) is 3.37. The number of aromatic nitrogens is 1. The van der Waals surface area contributed by atoms with Crippen molar-refractivity contribution in [3.05, 3.63) is 30.1 Å². The average molecular weight is 260 g/mol. The second-order valence-electron chi connectivity index (χ2n) is 3.69. The predicted molar refractivity (Wildman–Crippen MR) is 59.5 cm³/mol. The van der Waals surface area contributed by atoms with E-state index >= 15 is 0 Å². The van der Waals surface area contributed by atoms with Crippen molar-refractivity contribution < 1.29 is 28.8 Å². The fourth-order valence-electron chi connectivity index (χ4n) is 1.47. The Kier molecular flexibility index (Phi) is 4.40. The molecular weight excluding hydrogens is 245 g/mol. The van der Waals surface area contributed by atoms with Crippen molar-refractivity contribution >= 4 is 13.6 Å². The summed E-state index contributed by atoms with van der Waals surface area (Å²) < 4.78 is 12.9. The second kappa shape index (κ2) is 5.40. The SMILES string of the molecule is CC[n+]1cccc(CC(C(=O)O)P(=O)(O)O)c1. The van der Waals surface area contributed by atoms with E-state index in [4.69, 9.17) is 14.9 Å². The van der Waals surface area contributed by atoms with Gasteiger partial charge in [0.25, 0.3) is 0 Å². The summed E-state index contributed by atoms with van der Waals surface area (Å²) in [5.74, 6) is -1.48. The Balaban J connectivity index is 2.94. The number of aryl methyl sites for hydroxylation is 1. The number of hydrogen-bond acceptors (Lipinski definition) is 2. The molecule has 3 N–H and O–H groups in total. The zero-order chi connectivity index (χ0) is 13.1. The molecule has 0 aliphatic carbocycles. The first-order valence-corrected chi connectivity index (χ1v) is 6.78. The normalized spacial score (nSPS) is 13.4. The third-order valence-corrected chi connectivity index (χ3v) is 3.62. The van der Waals surface area contributed by atoms with Crippen molar-refractivity contribution in [2.24, 2.45) is 0 Å². The Morgan fingerprint density at radius 3 is 2.65 bits per heavy atom. The topological polar surface area (TPSA) is 98.7 Å². The molecule has 0 bridgehead atoms. The third-order valence-electron chi connectivity index (χ3n) is 2.40. The van der Waals surface area contributed by atoms with E-state index in [1.165, 1.54) is 0 Å². The molecule has 0 aliphatic rings. The summed E-state index contributed by atoms with van der Waals surface area (Å²) in [7, 11) is -4.63. The van der Waals surface area contributed by atoms with E-state index in [0.29, 0.717) is 12.1 Å². The van der Waals surface area contributed by atoms with Gasteiger partial charge in [-0.25, -0.2) is 4.57 Å². The van der Waals surface area contributed by atoms with Crippen LogP contribution in [0.3, 0.4) is 0 Å². The molecule has 0 radical (unpaired) electrons. The molecule has 0 saturated heterocycles. The molecule has 0 amide bonds. The maximum absolute atomic E-state index is 11.0. The predicted octanol–water partition coefficient (Wildman–Crippen LogP) is 0.167. The van der Waals surface area contributed by atoms with Gasteiger partial charge in [0.1, 0.15) is 6.54 Å². The van der Waals surface area contributed by atoms with Gasteiger partial charge in [0.05, 0.1) is 0 Å². The average Bonchev–Trinajstić information content (AvgIpc) is 2.24. The fourth-order valence-corrected chi connectivity index (χ4v) is 2.20. The van der Waals surface area contributed by atoms with E-state index in [2.05, 4.69) is 0 Å². The lowest BCUT2D eigenvalue weighted by molar-refractivity contribution is -0.693. The number of hydrogen-bond donors (Lipinski definition) is 3. The number of carbonyl (C=O) groups is 1. The third kappa shape index (κ3) is 3.93. The molecule has 1 unspecified atom stereocenters. The highest BCUT2D eigenvalue weighted by atomic mass is 31.2.